The fraction of sp³-hybridized carbons (Fsp3) is 0.235. The van der Waals surface area contributed by atoms with Crippen molar-refractivity contribution in [3.05, 3.63) is 74.8 Å². The van der Waals surface area contributed by atoms with Gasteiger partial charge in [0.25, 0.3) is 11.6 Å². The van der Waals surface area contributed by atoms with Gasteiger partial charge in [0, 0.05) is 42.4 Å². The summed E-state index contributed by atoms with van der Waals surface area (Å²) in [6.45, 7) is 0.598. The Kier molecular flexibility index (Phi) is 6.28. The Balaban J connectivity index is 2.24. The highest BCUT2D eigenvalue weighted by Crippen LogP contribution is 2.18. The van der Waals surface area contributed by atoms with E-state index in [1.54, 1.807) is 29.2 Å². The highest BCUT2D eigenvalue weighted by atomic mass is 35.5. The first-order valence-corrected chi connectivity index (χ1v) is 7.78. The standard InChI is InChI=1S/C17H17ClN2O4/c18-15-6-1-4-13(10-15)12-19(8-3-9-21)17(22)14-5-2-7-16(11-14)20(23)24/h1-2,4-7,10-11,21H,3,8-9,12H2. The van der Waals surface area contributed by atoms with E-state index in [4.69, 9.17) is 16.7 Å². The lowest BCUT2D eigenvalue weighted by atomic mass is 10.1. The number of aliphatic hydroxyl groups excluding tert-OH is 1. The third-order valence-electron chi connectivity index (χ3n) is 3.44. The van der Waals surface area contributed by atoms with Gasteiger partial charge in [-0.25, -0.2) is 0 Å². The van der Waals surface area contributed by atoms with Crippen LogP contribution in [0.15, 0.2) is 48.5 Å². The third-order valence-corrected chi connectivity index (χ3v) is 3.67. The van der Waals surface area contributed by atoms with E-state index >= 15 is 0 Å². The van der Waals surface area contributed by atoms with Gasteiger partial charge in [0.15, 0.2) is 0 Å². The largest absolute Gasteiger partial charge is 0.396 e. The zero-order valence-corrected chi connectivity index (χ0v) is 13.6. The van der Waals surface area contributed by atoms with E-state index in [1.165, 1.54) is 18.2 Å². The lowest BCUT2D eigenvalue weighted by Crippen LogP contribution is -2.32. The average molecular weight is 349 g/mol. The number of rotatable bonds is 7. The number of halogens is 1. The highest BCUT2D eigenvalue weighted by Gasteiger charge is 2.18. The molecule has 0 aromatic heterocycles. The fourth-order valence-electron chi connectivity index (χ4n) is 2.30. The smallest absolute Gasteiger partial charge is 0.270 e. The van der Waals surface area contributed by atoms with Crippen LogP contribution in [-0.2, 0) is 6.54 Å². The van der Waals surface area contributed by atoms with Gasteiger partial charge in [-0.1, -0.05) is 29.8 Å². The molecule has 0 fully saturated rings. The molecule has 0 radical (unpaired) electrons. The molecule has 7 heteroatoms. The van der Waals surface area contributed by atoms with Gasteiger partial charge in [-0.3, -0.25) is 14.9 Å². The van der Waals surface area contributed by atoms with Crippen LogP contribution in [0.5, 0.6) is 0 Å². The molecule has 0 aliphatic rings. The Morgan fingerprint density at radius 3 is 2.62 bits per heavy atom. The van der Waals surface area contributed by atoms with Gasteiger partial charge in [0.05, 0.1) is 4.92 Å². The van der Waals surface area contributed by atoms with Gasteiger partial charge in [0.2, 0.25) is 0 Å². The van der Waals surface area contributed by atoms with Crippen LogP contribution in [0.2, 0.25) is 5.02 Å². The van der Waals surface area contributed by atoms with E-state index < -0.39 is 4.92 Å². The quantitative estimate of drug-likeness (QED) is 0.614. The van der Waals surface area contributed by atoms with Crippen molar-refractivity contribution >= 4 is 23.2 Å². The first kappa shape index (κ1) is 17.9. The van der Waals surface area contributed by atoms with E-state index in [9.17, 15) is 14.9 Å². The number of nitro groups is 1. The number of amides is 1. The molecule has 126 valence electrons. The van der Waals surface area contributed by atoms with Crippen molar-refractivity contribution in [2.45, 2.75) is 13.0 Å². The predicted octanol–water partition coefficient (Wildman–Crippen LogP) is 3.27. The molecule has 6 nitrogen and oxygen atoms in total. The van der Waals surface area contributed by atoms with Crippen LogP contribution in [-0.4, -0.2) is 34.0 Å². The summed E-state index contributed by atoms with van der Waals surface area (Å²) >= 11 is 5.97. The highest BCUT2D eigenvalue weighted by molar-refractivity contribution is 6.30. The van der Waals surface area contributed by atoms with Crippen molar-refractivity contribution in [3.63, 3.8) is 0 Å². The Bertz CT molecular complexity index is 736. The van der Waals surface area contributed by atoms with E-state index in [0.717, 1.165) is 5.56 Å². The fourth-order valence-corrected chi connectivity index (χ4v) is 2.52. The van der Waals surface area contributed by atoms with E-state index in [-0.39, 0.29) is 23.8 Å². The number of hydrogen-bond donors (Lipinski definition) is 1. The summed E-state index contributed by atoms with van der Waals surface area (Å²) in [7, 11) is 0. The number of nitrogens with zero attached hydrogens (tertiary/aromatic N) is 2. The van der Waals surface area contributed by atoms with Gasteiger partial charge in [-0.05, 0) is 30.2 Å². The van der Waals surface area contributed by atoms with Crippen LogP contribution in [0, 0.1) is 10.1 Å². The number of nitro benzene ring substituents is 1. The summed E-state index contributed by atoms with van der Waals surface area (Å²) in [6, 6.07) is 12.8. The Hall–Kier alpha value is -2.44. The molecular weight excluding hydrogens is 332 g/mol. The molecule has 2 aromatic rings. The van der Waals surface area contributed by atoms with Crippen LogP contribution < -0.4 is 0 Å². The molecule has 0 heterocycles. The first-order chi connectivity index (χ1) is 11.5. The zero-order chi connectivity index (χ0) is 17.5. The molecule has 0 atom stereocenters. The molecule has 0 aliphatic heterocycles. The summed E-state index contributed by atoms with van der Waals surface area (Å²) in [5.74, 6) is -0.327. The molecule has 0 unspecified atom stereocenters. The Labute approximate surface area is 144 Å². The number of aliphatic hydroxyl groups is 1. The molecule has 2 aromatic carbocycles. The molecule has 1 N–H and O–H groups in total. The van der Waals surface area contributed by atoms with Crippen molar-refractivity contribution in [1.82, 2.24) is 4.90 Å². The summed E-state index contributed by atoms with van der Waals surface area (Å²) in [5.41, 5.74) is 0.953. The van der Waals surface area contributed by atoms with Crippen molar-refractivity contribution in [2.24, 2.45) is 0 Å². The van der Waals surface area contributed by atoms with E-state index in [0.29, 0.717) is 24.5 Å². The maximum Gasteiger partial charge on any atom is 0.270 e. The summed E-state index contributed by atoms with van der Waals surface area (Å²) in [6.07, 6.45) is 0.418. The molecule has 0 saturated carbocycles. The number of carbonyl (C=O) groups excluding carboxylic acids is 1. The normalized spacial score (nSPS) is 10.4. The molecule has 0 spiro atoms. The van der Waals surface area contributed by atoms with E-state index in [1.807, 2.05) is 6.07 Å². The molecule has 24 heavy (non-hydrogen) atoms. The molecule has 0 bridgehead atoms. The SMILES string of the molecule is O=C(c1cccc([N+](=O)[O-])c1)N(CCCO)Cc1cccc(Cl)c1. The molecule has 0 saturated heterocycles. The van der Waals surface area contributed by atoms with Crippen LogP contribution in [0.3, 0.4) is 0 Å². The van der Waals surface area contributed by atoms with Gasteiger partial charge < -0.3 is 10.0 Å². The predicted molar refractivity (Wildman–Crippen MR) is 91.0 cm³/mol. The summed E-state index contributed by atoms with van der Waals surface area (Å²) in [4.78, 5) is 24.6. The van der Waals surface area contributed by atoms with Crippen LogP contribution in [0.4, 0.5) is 5.69 Å². The van der Waals surface area contributed by atoms with E-state index in [2.05, 4.69) is 0 Å². The molecule has 2 rings (SSSR count). The maximum absolute atomic E-state index is 12.7. The van der Waals surface area contributed by atoms with Crippen LogP contribution in [0.25, 0.3) is 0 Å². The van der Waals surface area contributed by atoms with Gasteiger partial charge >= 0.3 is 0 Å². The lowest BCUT2D eigenvalue weighted by Gasteiger charge is -2.22. The molecule has 0 aliphatic carbocycles. The number of hydrogen-bond acceptors (Lipinski definition) is 4. The number of carbonyl (C=O) groups is 1. The zero-order valence-electron chi connectivity index (χ0n) is 12.9. The number of non-ortho nitro benzene ring substituents is 1. The van der Waals surface area contributed by atoms with Gasteiger partial charge in [-0.2, -0.15) is 0 Å². The second-order valence-electron chi connectivity index (χ2n) is 5.24. The van der Waals surface area contributed by atoms with Gasteiger partial charge in [-0.15, -0.1) is 0 Å². The Morgan fingerprint density at radius 2 is 1.96 bits per heavy atom. The molecule has 1 amide bonds. The van der Waals surface area contributed by atoms with Crippen molar-refractivity contribution in [1.29, 1.82) is 0 Å². The first-order valence-electron chi connectivity index (χ1n) is 7.40. The minimum Gasteiger partial charge on any atom is -0.396 e. The summed E-state index contributed by atoms with van der Waals surface area (Å²) < 4.78 is 0. The lowest BCUT2D eigenvalue weighted by molar-refractivity contribution is -0.384. The monoisotopic (exact) mass is 348 g/mol. The minimum atomic E-state index is -0.536. The maximum atomic E-state index is 12.7. The summed E-state index contributed by atoms with van der Waals surface area (Å²) in [5, 5.41) is 20.5. The second kappa shape index (κ2) is 8.42. The van der Waals surface area contributed by atoms with Crippen molar-refractivity contribution in [3.8, 4) is 0 Å². The Morgan fingerprint density at radius 1 is 1.21 bits per heavy atom. The van der Waals surface area contributed by atoms with Crippen molar-refractivity contribution < 1.29 is 14.8 Å². The minimum absolute atomic E-state index is 0.0474. The van der Waals surface area contributed by atoms with Crippen LogP contribution >= 0.6 is 11.6 Å². The van der Waals surface area contributed by atoms with Crippen LogP contribution in [0.1, 0.15) is 22.3 Å². The molecular formula is C17H17ClN2O4. The topological polar surface area (TPSA) is 83.7 Å². The second-order valence-corrected chi connectivity index (χ2v) is 5.68. The average Bonchev–Trinajstić information content (AvgIpc) is 2.58. The van der Waals surface area contributed by atoms with Crippen molar-refractivity contribution in [2.75, 3.05) is 13.2 Å². The van der Waals surface area contributed by atoms with Gasteiger partial charge in [0.1, 0.15) is 0 Å². The number of benzene rings is 2. The third kappa shape index (κ3) is 4.78.